The van der Waals surface area contributed by atoms with Crippen molar-refractivity contribution in [2.75, 3.05) is 6.54 Å². The van der Waals surface area contributed by atoms with E-state index in [0.29, 0.717) is 5.56 Å². The number of carbonyl (C=O) groups excluding carboxylic acids is 1. The fourth-order valence-electron chi connectivity index (χ4n) is 2.17. The summed E-state index contributed by atoms with van der Waals surface area (Å²) in [6.07, 6.45) is -4.75. The Morgan fingerprint density at radius 2 is 1.96 bits per heavy atom. The van der Waals surface area contributed by atoms with E-state index in [1.165, 1.54) is 6.07 Å². The Kier molecular flexibility index (Phi) is 5.00. The van der Waals surface area contributed by atoms with Crippen molar-refractivity contribution in [2.45, 2.75) is 19.2 Å². The van der Waals surface area contributed by atoms with Gasteiger partial charge in [-0.15, -0.1) is 0 Å². The average Bonchev–Trinajstić information content (AvgIpc) is 2.52. The number of nitrogens with one attached hydrogen (secondary N) is 1. The first-order valence-corrected chi connectivity index (χ1v) is 6.84. The van der Waals surface area contributed by atoms with Gasteiger partial charge >= 0.3 is 6.18 Å². The van der Waals surface area contributed by atoms with Crippen LogP contribution < -0.4 is 5.32 Å². The van der Waals surface area contributed by atoms with Crippen LogP contribution in [0.3, 0.4) is 0 Å². The summed E-state index contributed by atoms with van der Waals surface area (Å²) in [4.78, 5) is 15.2. The Balaban J connectivity index is 2.11. The van der Waals surface area contributed by atoms with Gasteiger partial charge in [0, 0.05) is 12.7 Å². The van der Waals surface area contributed by atoms with E-state index >= 15 is 0 Å². The minimum absolute atomic E-state index is 0.199. The molecule has 2 rings (SSSR count). The summed E-state index contributed by atoms with van der Waals surface area (Å²) in [5.41, 5.74) is -0.387. The van der Waals surface area contributed by atoms with E-state index in [1.807, 2.05) is 0 Å². The fraction of sp³-hybridized carbons (Fsp3) is 0.250. The predicted octanol–water partition coefficient (Wildman–Crippen LogP) is 2.87. The van der Waals surface area contributed by atoms with Gasteiger partial charge in [-0.3, -0.25) is 9.78 Å². The lowest BCUT2D eigenvalue weighted by Gasteiger charge is -2.16. The van der Waals surface area contributed by atoms with Crippen molar-refractivity contribution in [2.24, 2.45) is 0 Å². The summed E-state index contributed by atoms with van der Waals surface area (Å²) < 4.78 is 38.5. The van der Waals surface area contributed by atoms with Crippen molar-refractivity contribution in [3.8, 4) is 0 Å². The molecule has 1 aromatic carbocycles. The van der Waals surface area contributed by atoms with Crippen molar-refractivity contribution in [3.05, 3.63) is 65.0 Å². The van der Waals surface area contributed by atoms with Gasteiger partial charge in [-0.05, 0) is 30.2 Å². The van der Waals surface area contributed by atoms with E-state index in [4.69, 9.17) is 0 Å². The number of carbonyl (C=O) groups is 1. The highest BCUT2D eigenvalue weighted by Gasteiger charge is 2.36. The Morgan fingerprint density at radius 1 is 1.26 bits per heavy atom. The first-order valence-electron chi connectivity index (χ1n) is 6.84. The Labute approximate surface area is 131 Å². The molecule has 1 unspecified atom stereocenters. The van der Waals surface area contributed by atoms with Gasteiger partial charge in [0.05, 0.1) is 11.7 Å². The summed E-state index contributed by atoms with van der Waals surface area (Å²) in [6.45, 7) is 1.60. The van der Waals surface area contributed by atoms with Crippen LogP contribution >= 0.6 is 0 Å². The van der Waals surface area contributed by atoms with E-state index in [2.05, 4.69) is 10.3 Å². The molecule has 7 heteroatoms. The van der Waals surface area contributed by atoms with Gasteiger partial charge in [-0.2, -0.15) is 13.2 Å². The number of rotatable bonds is 4. The number of amides is 1. The minimum Gasteiger partial charge on any atom is -0.387 e. The lowest BCUT2D eigenvalue weighted by atomic mass is 10.0. The number of aliphatic hydroxyl groups is 1. The topological polar surface area (TPSA) is 62.2 Å². The molecule has 0 radical (unpaired) electrons. The molecule has 0 aliphatic rings. The Hall–Kier alpha value is -2.41. The third-order valence-electron chi connectivity index (χ3n) is 3.32. The zero-order valence-electron chi connectivity index (χ0n) is 12.3. The normalized spacial score (nSPS) is 12.7. The largest absolute Gasteiger partial charge is 0.434 e. The van der Waals surface area contributed by atoms with Gasteiger partial charge in [0.25, 0.3) is 5.91 Å². The number of benzene rings is 1. The molecule has 1 atom stereocenters. The van der Waals surface area contributed by atoms with Crippen LogP contribution in [-0.2, 0) is 6.18 Å². The maximum absolute atomic E-state index is 12.8. The van der Waals surface area contributed by atoms with Gasteiger partial charge in [0.2, 0.25) is 0 Å². The molecule has 23 heavy (non-hydrogen) atoms. The van der Waals surface area contributed by atoms with Crippen molar-refractivity contribution in [1.82, 2.24) is 10.3 Å². The molecule has 1 aromatic heterocycles. The van der Waals surface area contributed by atoms with E-state index in [9.17, 15) is 23.1 Å². The molecule has 0 fully saturated rings. The number of nitrogens with zero attached hydrogens (tertiary/aromatic N) is 1. The van der Waals surface area contributed by atoms with Crippen LogP contribution in [-0.4, -0.2) is 22.5 Å². The van der Waals surface area contributed by atoms with E-state index in [-0.39, 0.29) is 6.54 Å². The van der Waals surface area contributed by atoms with Crippen LogP contribution in [0.4, 0.5) is 13.2 Å². The highest BCUT2D eigenvalue weighted by molar-refractivity contribution is 5.95. The summed E-state index contributed by atoms with van der Waals surface area (Å²) in [5, 5.41) is 12.4. The lowest BCUT2D eigenvalue weighted by molar-refractivity contribution is -0.141. The summed E-state index contributed by atoms with van der Waals surface area (Å²) in [6, 6.07) is 9.32. The minimum atomic E-state index is -4.72. The van der Waals surface area contributed by atoms with Crippen LogP contribution in [0.15, 0.2) is 42.6 Å². The highest BCUT2D eigenvalue weighted by Crippen LogP contribution is 2.30. The third kappa shape index (κ3) is 4.07. The molecule has 1 amide bonds. The summed E-state index contributed by atoms with van der Waals surface area (Å²) in [5.74, 6) is -0.932. The molecule has 0 saturated carbocycles. The van der Waals surface area contributed by atoms with E-state index < -0.39 is 29.4 Å². The number of aliphatic hydroxyl groups excluding tert-OH is 1. The second-order valence-corrected chi connectivity index (χ2v) is 4.98. The number of hydrogen-bond donors (Lipinski definition) is 2. The summed E-state index contributed by atoms with van der Waals surface area (Å²) >= 11 is 0. The van der Waals surface area contributed by atoms with Crippen LogP contribution in [0, 0.1) is 6.92 Å². The second kappa shape index (κ2) is 6.78. The van der Waals surface area contributed by atoms with Crippen molar-refractivity contribution in [3.63, 3.8) is 0 Å². The molecule has 122 valence electrons. The highest BCUT2D eigenvalue weighted by atomic mass is 19.4. The van der Waals surface area contributed by atoms with E-state index in [0.717, 1.165) is 17.8 Å². The monoisotopic (exact) mass is 324 g/mol. The molecule has 2 N–H and O–H groups in total. The van der Waals surface area contributed by atoms with Crippen molar-refractivity contribution in [1.29, 1.82) is 0 Å². The number of aryl methyl sites for hydroxylation is 1. The zero-order valence-corrected chi connectivity index (χ0v) is 12.3. The smallest absolute Gasteiger partial charge is 0.387 e. The van der Waals surface area contributed by atoms with Crippen LogP contribution in [0.25, 0.3) is 0 Å². The number of hydrogen-bond acceptors (Lipinski definition) is 3. The zero-order chi connectivity index (χ0) is 17.0. The fourth-order valence-corrected chi connectivity index (χ4v) is 2.17. The maximum atomic E-state index is 12.8. The maximum Gasteiger partial charge on any atom is 0.434 e. The van der Waals surface area contributed by atoms with Crippen molar-refractivity contribution >= 4 is 5.91 Å². The third-order valence-corrected chi connectivity index (χ3v) is 3.32. The molecule has 0 aliphatic heterocycles. The van der Waals surface area contributed by atoms with Crippen LogP contribution in [0.5, 0.6) is 0 Å². The molecule has 4 nitrogen and oxygen atoms in total. The Bertz CT molecular complexity index is 702. The molecule has 0 saturated heterocycles. The number of pyridine rings is 1. The van der Waals surface area contributed by atoms with E-state index in [1.54, 1.807) is 31.2 Å². The second-order valence-electron chi connectivity index (χ2n) is 4.98. The molecular formula is C16H15F3N2O2. The number of halogens is 3. The quantitative estimate of drug-likeness (QED) is 0.909. The average molecular weight is 324 g/mol. The first-order chi connectivity index (χ1) is 10.8. The van der Waals surface area contributed by atoms with Gasteiger partial charge in [0.15, 0.2) is 5.69 Å². The van der Waals surface area contributed by atoms with Gasteiger partial charge < -0.3 is 10.4 Å². The van der Waals surface area contributed by atoms with Crippen molar-refractivity contribution < 1.29 is 23.1 Å². The predicted molar refractivity (Wildman–Crippen MR) is 77.7 cm³/mol. The lowest BCUT2D eigenvalue weighted by Crippen LogP contribution is -2.30. The van der Waals surface area contributed by atoms with Crippen LogP contribution in [0.2, 0.25) is 0 Å². The van der Waals surface area contributed by atoms with Crippen LogP contribution in [0.1, 0.15) is 33.3 Å². The molecule has 2 aromatic rings. The first kappa shape index (κ1) is 17.0. The SMILES string of the molecule is Cc1ccccc1C(O)CNC(=O)c1cccnc1C(F)(F)F. The van der Waals surface area contributed by atoms with Gasteiger partial charge in [-0.1, -0.05) is 24.3 Å². The molecular weight excluding hydrogens is 309 g/mol. The molecule has 0 spiro atoms. The van der Waals surface area contributed by atoms with Gasteiger partial charge in [-0.25, -0.2) is 0 Å². The standard InChI is InChI=1S/C16H15F3N2O2/c1-10-5-2-3-6-11(10)13(22)9-21-15(23)12-7-4-8-20-14(12)16(17,18)19/h2-8,13,22H,9H2,1H3,(H,21,23). The van der Waals surface area contributed by atoms with Gasteiger partial charge in [0.1, 0.15) is 0 Å². The summed E-state index contributed by atoms with van der Waals surface area (Å²) in [7, 11) is 0. The molecule has 0 aliphatic carbocycles. The number of aromatic nitrogens is 1. The molecule has 1 heterocycles. The molecule has 0 bridgehead atoms. The Morgan fingerprint density at radius 3 is 2.61 bits per heavy atom. The number of alkyl halides is 3.